The van der Waals surface area contributed by atoms with Crippen molar-refractivity contribution < 1.29 is 47.8 Å². The van der Waals surface area contributed by atoms with Crippen molar-refractivity contribution in [1.29, 1.82) is 0 Å². The van der Waals surface area contributed by atoms with Gasteiger partial charge in [-0.2, -0.15) is 0 Å². The molecule has 0 aromatic heterocycles. The van der Waals surface area contributed by atoms with E-state index in [1.807, 2.05) is 0 Å². The van der Waals surface area contributed by atoms with E-state index in [9.17, 15) is 24.2 Å². The van der Waals surface area contributed by atoms with E-state index < -0.39 is 51.8 Å². The van der Waals surface area contributed by atoms with E-state index in [4.69, 9.17) is 19.1 Å². The summed E-state index contributed by atoms with van der Waals surface area (Å²) >= 11 is 0. The molecule has 0 bridgehead atoms. The summed E-state index contributed by atoms with van der Waals surface area (Å²) in [7, 11) is -4.63. The van der Waals surface area contributed by atoms with Crippen LogP contribution in [-0.4, -0.2) is 65.7 Å². The number of rotatable bonds is 42. The normalized spacial score (nSPS) is 14.3. The van der Waals surface area contributed by atoms with Crippen molar-refractivity contribution in [3.05, 3.63) is 48.6 Å². The molecule has 0 aliphatic rings. The van der Waals surface area contributed by atoms with Crippen molar-refractivity contribution in [1.82, 2.24) is 0 Å². The number of carbonyl (C=O) groups excluding carboxylic acids is 2. The standard InChI is InChI=1S/C46H83O10P/c1-3-5-7-9-11-13-15-17-19-20-21-22-24-26-28-30-32-34-36-38-46(50)56-44(42-55-57(51,52)54-40-43(48)39-47)41-53-45(49)37-35-33-31-29-27-25-23-18-16-14-12-10-8-6-4-2/h6,8,12,14,18,23,27,29,43-44,47-48H,3-5,7,9-11,13,15-17,19-22,24-26,28,30-42H2,1-2H3,(H,51,52)/b8-6-,14-12-,23-18-,29-27-/t43-,44+/m0/s1. The first kappa shape index (κ1) is 54.9. The fourth-order valence-electron chi connectivity index (χ4n) is 6.04. The Morgan fingerprint density at radius 2 is 0.965 bits per heavy atom. The van der Waals surface area contributed by atoms with Crippen LogP contribution in [0.4, 0.5) is 0 Å². The van der Waals surface area contributed by atoms with Crippen LogP contribution in [0.1, 0.15) is 194 Å². The fourth-order valence-corrected chi connectivity index (χ4v) is 6.83. The van der Waals surface area contributed by atoms with Crippen molar-refractivity contribution in [3.63, 3.8) is 0 Å². The molecule has 0 amide bonds. The summed E-state index contributed by atoms with van der Waals surface area (Å²) in [5.41, 5.74) is 0. The van der Waals surface area contributed by atoms with Crippen molar-refractivity contribution >= 4 is 19.8 Å². The minimum atomic E-state index is -4.63. The molecule has 0 spiro atoms. The number of unbranched alkanes of at least 4 members (excludes halogenated alkanes) is 20. The van der Waals surface area contributed by atoms with E-state index in [1.165, 1.54) is 96.3 Å². The average Bonchev–Trinajstić information content (AvgIpc) is 3.20. The van der Waals surface area contributed by atoms with Crippen LogP contribution < -0.4 is 0 Å². The van der Waals surface area contributed by atoms with Gasteiger partial charge in [0.2, 0.25) is 0 Å². The number of allylic oxidation sites excluding steroid dienone is 8. The third-order valence-corrected chi connectivity index (χ3v) is 10.4. The lowest BCUT2D eigenvalue weighted by molar-refractivity contribution is -0.161. The van der Waals surface area contributed by atoms with Crippen LogP contribution in [0.15, 0.2) is 48.6 Å². The van der Waals surface area contributed by atoms with Gasteiger partial charge in [-0.1, -0.05) is 178 Å². The fraction of sp³-hybridized carbons (Fsp3) is 0.783. The van der Waals surface area contributed by atoms with Crippen molar-refractivity contribution in [3.8, 4) is 0 Å². The number of phosphoric acid groups is 1. The van der Waals surface area contributed by atoms with Crippen LogP contribution in [-0.2, 0) is 32.7 Å². The quantitative estimate of drug-likeness (QED) is 0.0235. The highest BCUT2D eigenvalue weighted by Crippen LogP contribution is 2.43. The first-order valence-corrected chi connectivity index (χ1v) is 24.1. The summed E-state index contributed by atoms with van der Waals surface area (Å²) in [5, 5.41) is 18.3. The molecule has 10 nitrogen and oxygen atoms in total. The van der Waals surface area contributed by atoms with Gasteiger partial charge in [-0.05, 0) is 51.4 Å². The lowest BCUT2D eigenvalue weighted by Crippen LogP contribution is -2.29. The largest absolute Gasteiger partial charge is 0.472 e. The van der Waals surface area contributed by atoms with Crippen LogP contribution in [0.5, 0.6) is 0 Å². The Morgan fingerprint density at radius 1 is 0.544 bits per heavy atom. The van der Waals surface area contributed by atoms with Gasteiger partial charge in [-0.25, -0.2) is 4.57 Å². The van der Waals surface area contributed by atoms with E-state index >= 15 is 0 Å². The minimum absolute atomic E-state index is 0.177. The first-order valence-electron chi connectivity index (χ1n) is 22.6. The smallest absolute Gasteiger partial charge is 0.462 e. The second-order valence-corrected chi connectivity index (χ2v) is 16.5. The molecule has 1 unspecified atom stereocenters. The Bertz CT molecular complexity index is 1090. The highest BCUT2D eigenvalue weighted by Gasteiger charge is 2.27. The third kappa shape index (κ3) is 41.9. The Balaban J connectivity index is 4.29. The molecule has 0 heterocycles. The lowest BCUT2D eigenvalue weighted by Gasteiger charge is -2.20. The van der Waals surface area contributed by atoms with Crippen LogP contribution in [0.3, 0.4) is 0 Å². The predicted octanol–water partition coefficient (Wildman–Crippen LogP) is 12.1. The second kappa shape index (κ2) is 42.1. The van der Waals surface area contributed by atoms with Gasteiger partial charge < -0.3 is 24.6 Å². The maximum atomic E-state index is 12.6. The average molecular weight is 827 g/mol. The van der Waals surface area contributed by atoms with Crippen molar-refractivity contribution in [2.75, 3.05) is 26.4 Å². The molecule has 0 fully saturated rings. The van der Waals surface area contributed by atoms with Gasteiger partial charge in [0.1, 0.15) is 12.7 Å². The summed E-state index contributed by atoms with van der Waals surface area (Å²) in [5.74, 6) is -0.969. The molecule has 57 heavy (non-hydrogen) atoms. The molecule has 0 aromatic carbocycles. The molecular weight excluding hydrogens is 743 g/mol. The summed E-state index contributed by atoms with van der Waals surface area (Å²) in [4.78, 5) is 35.0. The van der Waals surface area contributed by atoms with E-state index in [1.54, 1.807) is 0 Å². The van der Waals surface area contributed by atoms with Gasteiger partial charge in [-0.3, -0.25) is 18.6 Å². The molecule has 0 aliphatic carbocycles. The predicted molar refractivity (Wildman–Crippen MR) is 233 cm³/mol. The number of carbonyl (C=O) groups is 2. The van der Waals surface area contributed by atoms with Crippen molar-refractivity contribution in [2.24, 2.45) is 0 Å². The molecule has 0 saturated heterocycles. The highest BCUT2D eigenvalue weighted by atomic mass is 31.2. The molecule has 11 heteroatoms. The van der Waals surface area contributed by atoms with Crippen LogP contribution >= 0.6 is 7.82 Å². The van der Waals surface area contributed by atoms with Gasteiger partial charge in [0.15, 0.2) is 6.10 Å². The molecule has 3 atom stereocenters. The van der Waals surface area contributed by atoms with Gasteiger partial charge >= 0.3 is 19.8 Å². The number of phosphoric ester groups is 1. The van der Waals surface area contributed by atoms with E-state index in [-0.39, 0.29) is 19.4 Å². The van der Waals surface area contributed by atoms with Crippen LogP contribution in [0.25, 0.3) is 0 Å². The Hall–Kier alpha value is -2.07. The monoisotopic (exact) mass is 827 g/mol. The Labute approximate surface area is 347 Å². The second-order valence-electron chi connectivity index (χ2n) is 15.1. The summed E-state index contributed by atoms with van der Waals surface area (Å²) < 4.78 is 32.7. The minimum Gasteiger partial charge on any atom is -0.462 e. The summed E-state index contributed by atoms with van der Waals surface area (Å²) in [6, 6.07) is 0. The first-order chi connectivity index (χ1) is 27.7. The molecule has 0 aromatic rings. The van der Waals surface area contributed by atoms with Crippen LogP contribution in [0.2, 0.25) is 0 Å². The third-order valence-electron chi connectivity index (χ3n) is 9.50. The topological polar surface area (TPSA) is 149 Å². The molecule has 0 aliphatic heterocycles. The maximum Gasteiger partial charge on any atom is 0.472 e. The molecule has 0 radical (unpaired) electrons. The van der Waals surface area contributed by atoms with E-state index in [2.05, 4.69) is 67.0 Å². The Kier molecular flexibility index (Phi) is 40.5. The van der Waals surface area contributed by atoms with E-state index in [0.717, 1.165) is 57.8 Å². The molecular formula is C46H83O10P. The van der Waals surface area contributed by atoms with Crippen LogP contribution in [0, 0.1) is 0 Å². The van der Waals surface area contributed by atoms with Gasteiger partial charge in [0.25, 0.3) is 0 Å². The summed E-state index contributed by atoms with van der Waals surface area (Å²) in [6.07, 6.45) is 45.1. The van der Waals surface area contributed by atoms with Gasteiger partial charge in [-0.15, -0.1) is 0 Å². The SMILES string of the molecule is CC/C=C\C/C=C\C/C=C\C/C=C\CCCCC(=O)OC[C@H](COP(=O)(O)OC[C@@H](O)CO)OC(=O)CCCCCCCCCCCCCCCCCCCCC. The zero-order valence-electron chi connectivity index (χ0n) is 36.0. The number of aliphatic hydroxyl groups excluding tert-OH is 2. The van der Waals surface area contributed by atoms with E-state index in [0.29, 0.717) is 12.8 Å². The molecule has 332 valence electrons. The Morgan fingerprint density at radius 3 is 1.46 bits per heavy atom. The molecule has 0 rings (SSSR count). The molecule has 0 saturated carbocycles. The molecule has 3 N–H and O–H groups in total. The number of ether oxygens (including phenoxy) is 2. The number of hydrogen-bond acceptors (Lipinski definition) is 9. The number of aliphatic hydroxyl groups is 2. The van der Waals surface area contributed by atoms with Gasteiger partial charge in [0, 0.05) is 12.8 Å². The zero-order valence-corrected chi connectivity index (χ0v) is 36.9. The number of esters is 2. The van der Waals surface area contributed by atoms with Gasteiger partial charge in [0.05, 0.1) is 19.8 Å². The van der Waals surface area contributed by atoms with Crippen molar-refractivity contribution in [2.45, 2.75) is 206 Å². The number of hydrogen-bond donors (Lipinski definition) is 3. The maximum absolute atomic E-state index is 12.6. The zero-order chi connectivity index (χ0) is 41.9. The lowest BCUT2D eigenvalue weighted by atomic mass is 10.0. The summed E-state index contributed by atoms with van der Waals surface area (Å²) in [6.45, 7) is 2.23. The highest BCUT2D eigenvalue weighted by molar-refractivity contribution is 7.47.